The molecule has 1 heterocycles. The van der Waals surface area contributed by atoms with Gasteiger partial charge < -0.3 is 9.84 Å². The molecule has 0 aromatic heterocycles. The van der Waals surface area contributed by atoms with Gasteiger partial charge in [0.05, 0.1) is 5.92 Å². The van der Waals surface area contributed by atoms with Crippen LogP contribution in [0, 0.1) is 0 Å². The number of phenolic OH excluding ortho intramolecular Hbond substituents is 1. The third-order valence-electron chi connectivity index (χ3n) is 3.30. The SMILES string of the molecule is CC(C)=C1C=C[C@@H]2Oc3ccc(O)cc3[C@H]12. The fourth-order valence-electron chi connectivity index (χ4n) is 2.55. The van der Waals surface area contributed by atoms with Crippen LogP contribution in [0.25, 0.3) is 0 Å². The second kappa shape index (κ2) is 3.14. The van der Waals surface area contributed by atoms with E-state index < -0.39 is 0 Å². The highest BCUT2D eigenvalue weighted by atomic mass is 16.5. The Labute approximate surface area is 94.9 Å². The number of allylic oxidation sites excluding steroid dienone is 2. The van der Waals surface area contributed by atoms with Gasteiger partial charge in [-0.25, -0.2) is 0 Å². The minimum Gasteiger partial charge on any atom is -0.508 e. The number of hydrogen-bond donors (Lipinski definition) is 1. The van der Waals surface area contributed by atoms with Gasteiger partial charge in [0.2, 0.25) is 0 Å². The zero-order valence-corrected chi connectivity index (χ0v) is 9.40. The van der Waals surface area contributed by atoms with Crippen LogP contribution >= 0.6 is 0 Å². The lowest BCUT2D eigenvalue weighted by Gasteiger charge is -2.12. The lowest BCUT2D eigenvalue weighted by molar-refractivity contribution is 0.274. The van der Waals surface area contributed by atoms with Gasteiger partial charge in [-0.1, -0.05) is 11.6 Å². The minimum absolute atomic E-state index is 0.113. The van der Waals surface area contributed by atoms with Crippen molar-refractivity contribution < 1.29 is 9.84 Å². The minimum atomic E-state index is 0.113. The van der Waals surface area contributed by atoms with Crippen molar-refractivity contribution in [1.82, 2.24) is 0 Å². The molecular formula is C14H14O2. The summed E-state index contributed by atoms with van der Waals surface area (Å²) in [6.07, 6.45) is 4.35. The van der Waals surface area contributed by atoms with Gasteiger partial charge in [0.15, 0.2) is 0 Å². The van der Waals surface area contributed by atoms with E-state index >= 15 is 0 Å². The summed E-state index contributed by atoms with van der Waals surface area (Å²) >= 11 is 0. The third kappa shape index (κ3) is 1.19. The Morgan fingerprint density at radius 3 is 2.88 bits per heavy atom. The zero-order chi connectivity index (χ0) is 11.3. The molecular weight excluding hydrogens is 200 g/mol. The summed E-state index contributed by atoms with van der Waals surface area (Å²) in [4.78, 5) is 0. The Bertz CT molecular complexity index is 507. The predicted molar refractivity (Wildman–Crippen MR) is 62.8 cm³/mol. The number of benzene rings is 1. The third-order valence-corrected chi connectivity index (χ3v) is 3.30. The van der Waals surface area contributed by atoms with Gasteiger partial charge in [0.1, 0.15) is 17.6 Å². The zero-order valence-electron chi connectivity index (χ0n) is 9.40. The summed E-state index contributed by atoms with van der Waals surface area (Å²) in [5, 5.41) is 9.55. The molecule has 2 aliphatic rings. The van der Waals surface area contributed by atoms with Crippen LogP contribution in [-0.2, 0) is 0 Å². The molecule has 1 aliphatic carbocycles. The summed E-state index contributed by atoms with van der Waals surface area (Å²) in [6.45, 7) is 4.23. The van der Waals surface area contributed by atoms with Crippen LogP contribution in [0.4, 0.5) is 0 Å². The molecule has 0 amide bonds. The Hall–Kier alpha value is -1.70. The predicted octanol–water partition coefficient (Wildman–Crippen LogP) is 3.14. The summed E-state index contributed by atoms with van der Waals surface area (Å²) in [6, 6.07) is 5.33. The van der Waals surface area contributed by atoms with Crippen molar-refractivity contribution in [2.45, 2.75) is 25.9 Å². The van der Waals surface area contributed by atoms with Gasteiger partial charge in [-0.2, -0.15) is 0 Å². The first-order valence-corrected chi connectivity index (χ1v) is 5.52. The lowest BCUT2D eigenvalue weighted by atomic mass is 9.90. The van der Waals surface area contributed by atoms with Crippen LogP contribution in [0.1, 0.15) is 25.3 Å². The van der Waals surface area contributed by atoms with Crippen LogP contribution in [0.15, 0.2) is 41.5 Å². The van der Waals surface area contributed by atoms with E-state index in [0.717, 1.165) is 11.3 Å². The number of phenols is 1. The summed E-state index contributed by atoms with van der Waals surface area (Å²) in [5.41, 5.74) is 3.73. The van der Waals surface area contributed by atoms with Gasteiger partial charge in [0.25, 0.3) is 0 Å². The summed E-state index contributed by atoms with van der Waals surface area (Å²) in [7, 11) is 0. The van der Waals surface area contributed by atoms with Crippen molar-refractivity contribution in [3.8, 4) is 11.5 Å². The highest BCUT2D eigenvalue weighted by Gasteiger charge is 2.38. The van der Waals surface area contributed by atoms with Crippen LogP contribution in [0.2, 0.25) is 0 Å². The highest BCUT2D eigenvalue weighted by molar-refractivity contribution is 5.55. The van der Waals surface area contributed by atoms with Gasteiger partial charge in [-0.05, 0) is 43.7 Å². The van der Waals surface area contributed by atoms with E-state index in [1.54, 1.807) is 6.07 Å². The molecule has 1 N–H and O–H groups in total. The quantitative estimate of drug-likeness (QED) is 0.719. The van der Waals surface area contributed by atoms with Crippen molar-refractivity contribution in [1.29, 1.82) is 0 Å². The molecule has 1 aromatic carbocycles. The van der Waals surface area contributed by atoms with E-state index in [9.17, 15) is 5.11 Å². The Kier molecular flexibility index (Phi) is 1.87. The van der Waals surface area contributed by atoms with E-state index in [0.29, 0.717) is 5.75 Å². The van der Waals surface area contributed by atoms with Gasteiger partial charge in [-0.3, -0.25) is 0 Å². The first kappa shape index (κ1) is 9.52. The van der Waals surface area contributed by atoms with Gasteiger partial charge in [-0.15, -0.1) is 0 Å². The van der Waals surface area contributed by atoms with Crippen molar-refractivity contribution in [3.63, 3.8) is 0 Å². The smallest absolute Gasteiger partial charge is 0.128 e. The fraction of sp³-hybridized carbons (Fsp3) is 0.286. The van der Waals surface area contributed by atoms with Gasteiger partial charge in [0, 0.05) is 5.56 Å². The van der Waals surface area contributed by atoms with Crippen molar-refractivity contribution >= 4 is 0 Å². The molecule has 0 radical (unpaired) electrons. The van der Waals surface area contributed by atoms with E-state index in [4.69, 9.17) is 4.74 Å². The summed E-state index contributed by atoms with van der Waals surface area (Å²) in [5.74, 6) is 1.48. The normalized spacial score (nSPS) is 25.2. The molecule has 0 fully saturated rings. The average Bonchev–Trinajstić information content (AvgIpc) is 2.76. The first-order chi connectivity index (χ1) is 7.66. The molecule has 0 saturated carbocycles. The Morgan fingerprint density at radius 2 is 2.12 bits per heavy atom. The molecule has 16 heavy (non-hydrogen) atoms. The second-order valence-electron chi connectivity index (χ2n) is 4.60. The molecule has 0 spiro atoms. The number of rotatable bonds is 0. The van der Waals surface area contributed by atoms with E-state index in [-0.39, 0.29) is 12.0 Å². The first-order valence-electron chi connectivity index (χ1n) is 5.52. The van der Waals surface area contributed by atoms with Crippen LogP contribution in [0.3, 0.4) is 0 Å². The van der Waals surface area contributed by atoms with Gasteiger partial charge >= 0.3 is 0 Å². The Balaban J connectivity index is 2.15. The highest BCUT2D eigenvalue weighted by Crippen LogP contribution is 2.48. The molecule has 0 bridgehead atoms. The van der Waals surface area contributed by atoms with Crippen LogP contribution in [-0.4, -0.2) is 11.2 Å². The molecule has 0 saturated heterocycles. The molecule has 0 unspecified atom stereocenters. The second-order valence-corrected chi connectivity index (χ2v) is 4.60. The van der Waals surface area contributed by atoms with E-state index in [2.05, 4.69) is 26.0 Å². The molecule has 1 aromatic rings. The van der Waals surface area contributed by atoms with Crippen molar-refractivity contribution in [2.75, 3.05) is 0 Å². The number of ether oxygens (including phenoxy) is 1. The van der Waals surface area contributed by atoms with Crippen LogP contribution < -0.4 is 4.74 Å². The number of hydrogen-bond acceptors (Lipinski definition) is 2. The van der Waals surface area contributed by atoms with Crippen molar-refractivity contribution in [3.05, 3.63) is 47.1 Å². The topological polar surface area (TPSA) is 29.5 Å². The number of fused-ring (bicyclic) bond motifs is 3. The average molecular weight is 214 g/mol. The van der Waals surface area contributed by atoms with Crippen molar-refractivity contribution in [2.24, 2.45) is 0 Å². The maximum Gasteiger partial charge on any atom is 0.128 e. The monoisotopic (exact) mass is 214 g/mol. The molecule has 2 atom stereocenters. The maximum absolute atomic E-state index is 9.55. The number of aromatic hydroxyl groups is 1. The molecule has 1 aliphatic heterocycles. The fourth-order valence-corrected chi connectivity index (χ4v) is 2.55. The molecule has 82 valence electrons. The van der Waals surface area contributed by atoms with E-state index in [1.165, 1.54) is 11.1 Å². The van der Waals surface area contributed by atoms with E-state index in [1.807, 2.05) is 12.1 Å². The lowest BCUT2D eigenvalue weighted by Crippen LogP contribution is -2.12. The standard InChI is InChI=1S/C14H14O2/c1-8(2)10-4-6-13-14(10)11-7-9(15)3-5-12(11)16-13/h3-7,13-15H,1-2H3/t13-,14-/m0/s1. The molecule has 3 rings (SSSR count). The maximum atomic E-state index is 9.55. The largest absolute Gasteiger partial charge is 0.508 e. The molecule has 2 nitrogen and oxygen atoms in total. The Morgan fingerprint density at radius 1 is 1.31 bits per heavy atom. The van der Waals surface area contributed by atoms with Crippen LogP contribution in [0.5, 0.6) is 11.5 Å². The summed E-state index contributed by atoms with van der Waals surface area (Å²) < 4.78 is 5.83. The molecule has 2 heteroatoms.